The fourth-order valence-corrected chi connectivity index (χ4v) is 4.72. The lowest BCUT2D eigenvalue weighted by atomic mass is 10.00. The normalized spacial score (nSPS) is 15.1. The monoisotopic (exact) mass is 523 g/mol. The molecular weight excluding hydrogens is 502 g/mol. The molecule has 4 aromatic rings. The highest BCUT2D eigenvalue weighted by Gasteiger charge is 2.36. The summed E-state index contributed by atoms with van der Waals surface area (Å²) >= 11 is 0. The van der Waals surface area contributed by atoms with Crippen molar-refractivity contribution in [1.29, 1.82) is 0 Å². The number of H-pyrrole nitrogens is 1. The van der Waals surface area contributed by atoms with E-state index in [9.17, 15) is 22.4 Å². The topological polar surface area (TPSA) is 76.0 Å². The lowest BCUT2D eigenvalue weighted by Crippen LogP contribution is -2.38. The minimum atomic E-state index is -4.39. The van der Waals surface area contributed by atoms with Crippen LogP contribution in [0.5, 0.6) is 11.8 Å². The van der Waals surface area contributed by atoms with Gasteiger partial charge in [-0.25, -0.2) is 18.9 Å². The maximum atomic E-state index is 14.4. The molecule has 0 radical (unpaired) electrons. The van der Waals surface area contributed by atoms with E-state index in [2.05, 4.69) is 15.0 Å². The van der Waals surface area contributed by atoms with Gasteiger partial charge in [-0.15, -0.1) is 0 Å². The number of fused-ring (bicyclic) bond motifs is 2. The number of aryl methyl sites for hydroxylation is 1. The first-order valence-corrected chi connectivity index (χ1v) is 12.0. The number of imidazole rings is 1. The first kappa shape index (κ1) is 24.0. The Bertz CT molecular complexity index is 1610. The van der Waals surface area contributed by atoms with Gasteiger partial charge in [0.15, 0.2) is 11.6 Å². The van der Waals surface area contributed by atoms with Crippen LogP contribution in [0, 0.1) is 5.82 Å². The zero-order chi connectivity index (χ0) is 26.4. The van der Waals surface area contributed by atoms with E-state index in [1.54, 1.807) is 36.4 Å². The van der Waals surface area contributed by atoms with Crippen molar-refractivity contribution in [2.45, 2.75) is 32.0 Å². The van der Waals surface area contributed by atoms with Gasteiger partial charge in [-0.3, -0.25) is 4.79 Å². The molecule has 0 bridgehead atoms. The van der Waals surface area contributed by atoms with Gasteiger partial charge in [0.05, 0.1) is 29.2 Å². The Morgan fingerprint density at radius 1 is 0.947 bits per heavy atom. The number of benzene rings is 2. The van der Waals surface area contributed by atoms with Gasteiger partial charge in [-0.1, -0.05) is 30.3 Å². The number of nitrogens with one attached hydrogen (secondary N) is 1. The third kappa shape index (κ3) is 4.33. The van der Waals surface area contributed by atoms with E-state index in [0.29, 0.717) is 41.6 Å². The maximum absolute atomic E-state index is 14.4. The molecule has 38 heavy (non-hydrogen) atoms. The Morgan fingerprint density at radius 2 is 1.71 bits per heavy atom. The average molecular weight is 523 g/mol. The molecule has 0 spiro atoms. The molecule has 0 atom stereocenters. The molecule has 0 fully saturated rings. The van der Waals surface area contributed by atoms with Crippen LogP contribution in [-0.4, -0.2) is 32.2 Å². The van der Waals surface area contributed by atoms with E-state index in [1.165, 1.54) is 22.8 Å². The van der Waals surface area contributed by atoms with Crippen molar-refractivity contribution >= 4 is 12.0 Å². The number of nitrogens with zero attached hydrogens (tertiary/aromatic N) is 4. The third-order valence-corrected chi connectivity index (χ3v) is 6.67. The van der Waals surface area contributed by atoms with Gasteiger partial charge in [0.25, 0.3) is 5.56 Å². The number of aromatic amines is 1. The molecule has 0 saturated heterocycles. The molecule has 1 aliphatic carbocycles. The molecule has 0 unspecified atom stereocenters. The van der Waals surface area contributed by atoms with E-state index in [-0.39, 0.29) is 42.4 Å². The number of aromatic nitrogens is 4. The number of alkyl halides is 3. The van der Waals surface area contributed by atoms with Crippen LogP contribution in [0.1, 0.15) is 29.1 Å². The van der Waals surface area contributed by atoms with E-state index in [1.807, 2.05) is 4.90 Å². The predicted molar refractivity (Wildman–Crippen MR) is 132 cm³/mol. The number of hydrogen-bond acceptors (Lipinski definition) is 5. The van der Waals surface area contributed by atoms with Crippen LogP contribution < -0.4 is 15.2 Å². The van der Waals surface area contributed by atoms with Gasteiger partial charge in [0.2, 0.25) is 5.95 Å². The molecule has 3 heterocycles. The standard InChI is InChI=1S/C27H21F4N5O2/c28-19-8-4-5-9-23(19)38-26-34-20-12-13-35(15-18(20)24(37)36(26)17-6-2-1-3-7-17)25-32-21-11-10-16(27(29,30)31)14-22(21)33-25/h1-9,14H,10-13,15H2,(H,32,33). The summed E-state index contributed by atoms with van der Waals surface area (Å²) in [7, 11) is 0. The SMILES string of the molecule is O=c1c2c(nc(Oc3ccccc3F)n1-c1ccccc1)CCN(c1nc3c([nH]1)CCC(C(F)(F)F)=C3)C2. The molecule has 1 aliphatic heterocycles. The van der Waals surface area contributed by atoms with Crippen LogP contribution >= 0.6 is 0 Å². The minimum Gasteiger partial charge on any atom is -0.422 e. The van der Waals surface area contributed by atoms with E-state index in [0.717, 1.165) is 6.08 Å². The fourth-order valence-electron chi connectivity index (χ4n) is 4.72. The summed E-state index contributed by atoms with van der Waals surface area (Å²) < 4.78 is 61.0. The van der Waals surface area contributed by atoms with Crippen molar-refractivity contribution < 1.29 is 22.3 Å². The molecular formula is C27H21F4N5O2. The van der Waals surface area contributed by atoms with Gasteiger partial charge >= 0.3 is 12.2 Å². The van der Waals surface area contributed by atoms with Gasteiger partial charge in [-0.2, -0.15) is 13.2 Å². The van der Waals surface area contributed by atoms with E-state index in [4.69, 9.17) is 4.74 Å². The highest BCUT2D eigenvalue weighted by atomic mass is 19.4. The van der Waals surface area contributed by atoms with Crippen molar-refractivity contribution in [2.75, 3.05) is 11.4 Å². The number of anilines is 1. The largest absolute Gasteiger partial charge is 0.422 e. The first-order valence-electron chi connectivity index (χ1n) is 12.0. The molecule has 0 amide bonds. The van der Waals surface area contributed by atoms with Crippen molar-refractivity contribution in [1.82, 2.24) is 19.5 Å². The highest BCUT2D eigenvalue weighted by molar-refractivity contribution is 5.59. The summed E-state index contributed by atoms with van der Waals surface area (Å²) in [5.74, 6) is -0.249. The molecule has 194 valence electrons. The quantitative estimate of drug-likeness (QED) is 0.366. The summed E-state index contributed by atoms with van der Waals surface area (Å²) in [4.78, 5) is 27.7. The number of rotatable bonds is 4. The van der Waals surface area contributed by atoms with Gasteiger partial charge in [0.1, 0.15) is 0 Å². The Morgan fingerprint density at radius 3 is 2.47 bits per heavy atom. The lowest BCUT2D eigenvalue weighted by molar-refractivity contribution is -0.0931. The smallest absolute Gasteiger partial charge is 0.412 e. The Balaban J connectivity index is 1.38. The lowest BCUT2D eigenvalue weighted by Gasteiger charge is -2.28. The third-order valence-electron chi connectivity index (χ3n) is 6.67. The average Bonchev–Trinajstić information content (AvgIpc) is 3.34. The first-order chi connectivity index (χ1) is 18.3. The Hall–Kier alpha value is -4.41. The molecule has 7 nitrogen and oxygen atoms in total. The molecule has 2 aromatic heterocycles. The van der Waals surface area contributed by atoms with Crippen molar-refractivity contribution in [3.05, 3.63) is 99.0 Å². The Kier molecular flexibility index (Phi) is 5.77. The summed E-state index contributed by atoms with van der Waals surface area (Å²) in [6.45, 7) is 0.576. The summed E-state index contributed by atoms with van der Waals surface area (Å²) in [5, 5.41) is 0. The fraction of sp³-hybridized carbons (Fsp3) is 0.222. The predicted octanol–water partition coefficient (Wildman–Crippen LogP) is 5.34. The molecule has 6 rings (SSSR count). The zero-order valence-electron chi connectivity index (χ0n) is 19.9. The number of halogens is 4. The van der Waals surface area contributed by atoms with Crippen LogP contribution in [0.3, 0.4) is 0 Å². The summed E-state index contributed by atoms with van der Waals surface area (Å²) in [6, 6.07) is 14.6. The van der Waals surface area contributed by atoms with Crippen molar-refractivity contribution in [2.24, 2.45) is 0 Å². The summed E-state index contributed by atoms with van der Waals surface area (Å²) in [5.41, 5.74) is 1.32. The number of allylic oxidation sites excluding steroid dienone is 1. The van der Waals surface area contributed by atoms with E-state index >= 15 is 0 Å². The van der Waals surface area contributed by atoms with Gasteiger partial charge < -0.3 is 14.6 Å². The van der Waals surface area contributed by atoms with Crippen molar-refractivity contribution in [3.8, 4) is 17.4 Å². The van der Waals surface area contributed by atoms with E-state index < -0.39 is 17.6 Å². The molecule has 2 aromatic carbocycles. The zero-order valence-corrected chi connectivity index (χ0v) is 19.9. The van der Waals surface area contributed by atoms with Gasteiger partial charge in [0, 0.05) is 24.2 Å². The molecule has 0 saturated carbocycles. The van der Waals surface area contributed by atoms with Crippen LogP contribution in [0.2, 0.25) is 0 Å². The van der Waals surface area contributed by atoms with Crippen LogP contribution in [0.15, 0.2) is 65.0 Å². The van der Waals surface area contributed by atoms with Crippen LogP contribution in [0.25, 0.3) is 11.8 Å². The second kappa shape index (κ2) is 9.16. The number of ether oxygens (including phenoxy) is 1. The second-order valence-corrected chi connectivity index (χ2v) is 9.09. The van der Waals surface area contributed by atoms with Crippen LogP contribution in [-0.2, 0) is 19.4 Å². The minimum absolute atomic E-state index is 0.0585. The number of hydrogen-bond donors (Lipinski definition) is 1. The Labute approximate surface area is 214 Å². The molecule has 1 N–H and O–H groups in total. The van der Waals surface area contributed by atoms with Crippen molar-refractivity contribution in [3.63, 3.8) is 0 Å². The second-order valence-electron chi connectivity index (χ2n) is 9.09. The summed E-state index contributed by atoms with van der Waals surface area (Å²) in [6.07, 6.45) is -2.86. The molecule has 2 aliphatic rings. The highest BCUT2D eigenvalue weighted by Crippen LogP contribution is 2.35. The van der Waals surface area contributed by atoms with Crippen LogP contribution in [0.4, 0.5) is 23.5 Å². The van der Waals surface area contributed by atoms with Gasteiger partial charge in [-0.05, 0) is 43.2 Å². The molecule has 11 heteroatoms. The number of para-hydroxylation sites is 2. The maximum Gasteiger partial charge on any atom is 0.412 e.